The number of aromatic nitrogens is 2. The van der Waals surface area contributed by atoms with Crippen molar-refractivity contribution in [1.82, 2.24) is 24.7 Å². The van der Waals surface area contributed by atoms with E-state index in [0.717, 1.165) is 73.4 Å². The monoisotopic (exact) mass is 595 g/mol. The number of ether oxygens (including phenoxy) is 1. The minimum Gasteiger partial charge on any atom is -0.469 e. The minimum atomic E-state index is -0.300. The molecule has 11 heteroatoms. The number of methoxy groups -OCH3 is 1. The van der Waals surface area contributed by atoms with Gasteiger partial charge in [-0.2, -0.15) is 4.98 Å². The number of benzene rings is 1. The van der Waals surface area contributed by atoms with Crippen LogP contribution in [0.4, 0.5) is 11.8 Å². The Labute approximate surface area is 256 Å². The fraction of sp³-hybridized carbons (Fsp3) is 0.594. The number of nitrogen functional groups attached to an aromatic ring is 1. The van der Waals surface area contributed by atoms with Gasteiger partial charge in [0.05, 0.1) is 20.1 Å². The van der Waals surface area contributed by atoms with Gasteiger partial charge in [-0.25, -0.2) is 4.98 Å². The summed E-state index contributed by atoms with van der Waals surface area (Å²) in [5, 5.41) is 3.44. The molecule has 0 unspecified atom stereocenters. The second kappa shape index (κ2) is 17.4. The van der Waals surface area contributed by atoms with Crippen molar-refractivity contribution in [1.29, 1.82) is 0 Å². The normalized spacial score (nSPS) is 13.8. The SMILES string of the molecule is CCCCCNc1nc(N)nc(C)c1CCCN(Cc1cccc(CC(=O)OC)c1)C(=O)CN1CCCN(C(C)=O)CC1. The molecule has 3 rings (SSSR count). The maximum Gasteiger partial charge on any atom is 0.309 e. The van der Waals surface area contributed by atoms with E-state index in [9.17, 15) is 14.4 Å². The Morgan fingerprint density at radius 3 is 2.60 bits per heavy atom. The van der Waals surface area contributed by atoms with Crippen LogP contribution in [0.3, 0.4) is 0 Å². The molecule has 2 aromatic rings. The lowest BCUT2D eigenvalue weighted by Crippen LogP contribution is -2.42. The zero-order valence-electron chi connectivity index (χ0n) is 26.4. The van der Waals surface area contributed by atoms with Crippen molar-refractivity contribution in [2.45, 2.75) is 72.3 Å². The number of carbonyl (C=O) groups excluding carboxylic acids is 3. The molecule has 1 saturated heterocycles. The van der Waals surface area contributed by atoms with Crippen molar-refractivity contribution >= 4 is 29.5 Å². The Balaban J connectivity index is 1.73. The van der Waals surface area contributed by atoms with Crippen LogP contribution in [0.5, 0.6) is 0 Å². The lowest BCUT2D eigenvalue weighted by atomic mass is 10.1. The van der Waals surface area contributed by atoms with E-state index in [1.807, 2.05) is 41.0 Å². The smallest absolute Gasteiger partial charge is 0.309 e. The lowest BCUT2D eigenvalue weighted by Gasteiger charge is -2.27. The van der Waals surface area contributed by atoms with Gasteiger partial charge in [-0.05, 0) is 43.7 Å². The Bertz CT molecular complexity index is 1220. The summed E-state index contributed by atoms with van der Waals surface area (Å²) in [7, 11) is 1.38. The molecule has 2 amide bonds. The Morgan fingerprint density at radius 2 is 1.86 bits per heavy atom. The van der Waals surface area contributed by atoms with Crippen molar-refractivity contribution in [3.63, 3.8) is 0 Å². The van der Waals surface area contributed by atoms with Gasteiger partial charge < -0.3 is 25.6 Å². The van der Waals surface area contributed by atoms with E-state index in [2.05, 4.69) is 27.1 Å². The van der Waals surface area contributed by atoms with E-state index in [0.29, 0.717) is 45.7 Å². The molecule has 43 heavy (non-hydrogen) atoms. The third kappa shape index (κ3) is 11.1. The van der Waals surface area contributed by atoms with E-state index < -0.39 is 0 Å². The standard InChI is InChI=1S/C32H49N7O4/c1-5-6-7-14-34-31-28(24(2)35-32(33)36-31)13-9-16-39(22-27-12-8-11-26(20-27)21-30(42)43-4)29(41)23-37-15-10-17-38(19-18-37)25(3)40/h8,11-12,20H,5-7,9-10,13-19,21-23H2,1-4H3,(H3,33,34,35,36). The second-order valence-corrected chi connectivity index (χ2v) is 11.3. The van der Waals surface area contributed by atoms with Gasteiger partial charge in [0.1, 0.15) is 5.82 Å². The van der Waals surface area contributed by atoms with Crippen LogP contribution >= 0.6 is 0 Å². The van der Waals surface area contributed by atoms with Crippen molar-refractivity contribution in [2.75, 3.05) is 64.0 Å². The molecular formula is C32H49N7O4. The summed E-state index contributed by atoms with van der Waals surface area (Å²) in [6, 6.07) is 7.74. The topological polar surface area (TPSA) is 134 Å². The largest absolute Gasteiger partial charge is 0.469 e. The van der Waals surface area contributed by atoms with Crippen molar-refractivity contribution in [3.8, 4) is 0 Å². The van der Waals surface area contributed by atoms with Crippen molar-refractivity contribution in [3.05, 3.63) is 46.6 Å². The molecule has 1 aliphatic rings. The number of aryl methyl sites for hydroxylation is 1. The molecule has 236 valence electrons. The van der Waals surface area contributed by atoms with Crippen LogP contribution in [0, 0.1) is 6.92 Å². The van der Waals surface area contributed by atoms with Crippen LogP contribution in [0.2, 0.25) is 0 Å². The maximum absolute atomic E-state index is 13.8. The summed E-state index contributed by atoms with van der Waals surface area (Å²) in [6.45, 7) is 10.6. The fourth-order valence-corrected chi connectivity index (χ4v) is 5.42. The summed E-state index contributed by atoms with van der Waals surface area (Å²) < 4.78 is 4.83. The molecule has 1 aromatic heterocycles. The van der Waals surface area contributed by atoms with Gasteiger partial charge in [0.2, 0.25) is 17.8 Å². The predicted octanol–water partition coefficient (Wildman–Crippen LogP) is 3.20. The molecule has 1 aliphatic heterocycles. The molecule has 11 nitrogen and oxygen atoms in total. The van der Waals surface area contributed by atoms with E-state index in [4.69, 9.17) is 10.5 Å². The van der Waals surface area contributed by atoms with Crippen LogP contribution < -0.4 is 11.1 Å². The zero-order valence-corrected chi connectivity index (χ0v) is 26.4. The summed E-state index contributed by atoms with van der Waals surface area (Å²) >= 11 is 0. The van der Waals surface area contributed by atoms with E-state index in [-0.39, 0.29) is 30.2 Å². The summed E-state index contributed by atoms with van der Waals surface area (Å²) in [4.78, 5) is 52.2. The average Bonchev–Trinajstić information content (AvgIpc) is 3.21. The molecule has 3 N–H and O–H groups in total. The number of anilines is 2. The second-order valence-electron chi connectivity index (χ2n) is 11.3. The van der Waals surface area contributed by atoms with Crippen molar-refractivity contribution in [2.24, 2.45) is 0 Å². The van der Waals surface area contributed by atoms with Gasteiger partial charge in [-0.15, -0.1) is 0 Å². The average molecular weight is 596 g/mol. The molecule has 2 heterocycles. The van der Waals surface area contributed by atoms with Gasteiger partial charge in [0.25, 0.3) is 0 Å². The Kier molecular flexibility index (Phi) is 13.7. The van der Waals surface area contributed by atoms with Gasteiger partial charge in [-0.3, -0.25) is 19.3 Å². The third-order valence-electron chi connectivity index (χ3n) is 7.85. The fourth-order valence-electron chi connectivity index (χ4n) is 5.42. The highest BCUT2D eigenvalue weighted by Gasteiger charge is 2.22. The molecular weight excluding hydrogens is 546 g/mol. The highest BCUT2D eigenvalue weighted by atomic mass is 16.5. The maximum atomic E-state index is 13.8. The molecule has 0 radical (unpaired) electrons. The number of hydrogen-bond donors (Lipinski definition) is 2. The van der Waals surface area contributed by atoms with Gasteiger partial charge in [-0.1, -0.05) is 44.0 Å². The molecule has 0 aliphatic carbocycles. The molecule has 0 spiro atoms. The lowest BCUT2D eigenvalue weighted by molar-refractivity contribution is -0.140. The molecule has 1 aromatic carbocycles. The van der Waals surface area contributed by atoms with Gasteiger partial charge in [0.15, 0.2) is 0 Å². The van der Waals surface area contributed by atoms with Crippen LogP contribution in [0.1, 0.15) is 68.3 Å². The number of hydrogen-bond acceptors (Lipinski definition) is 9. The first kappa shape index (κ1) is 33.8. The van der Waals surface area contributed by atoms with Gasteiger partial charge >= 0.3 is 5.97 Å². The number of amides is 2. The number of esters is 1. The van der Waals surface area contributed by atoms with Crippen LogP contribution in [-0.2, 0) is 38.5 Å². The number of rotatable bonds is 15. The molecule has 0 bridgehead atoms. The minimum absolute atomic E-state index is 0.0397. The van der Waals surface area contributed by atoms with Crippen LogP contribution in [0.25, 0.3) is 0 Å². The van der Waals surface area contributed by atoms with E-state index in [1.54, 1.807) is 6.92 Å². The summed E-state index contributed by atoms with van der Waals surface area (Å²) in [6.07, 6.45) is 5.78. The van der Waals surface area contributed by atoms with Crippen molar-refractivity contribution < 1.29 is 19.1 Å². The van der Waals surface area contributed by atoms with E-state index in [1.165, 1.54) is 7.11 Å². The molecule has 0 atom stereocenters. The summed E-state index contributed by atoms with van der Waals surface area (Å²) in [5.41, 5.74) is 9.64. The Morgan fingerprint density at radius 1 is 1.07 bits per heavy atom. The highest BCUT2D eigenvalue weighted by molar-refractivity contribution is 5.78. The first-order valence-electron chi connectivity index (χ1n) is 15.5. The van der Waals surface area contributed by atoms with Gasteiger partial charge in [0, 0.05) is 64.0 Å². The quantitative estimate of drug-likeness (QED) is 0.235. The molecule has 0 saturated carbocycles. The number of unbranched alkanes of at least 4 members (excludes halogenated alkanes) is 2. The number of carbonyl (C=O) groups is 3. The number of nitrogens with two attached hydrogens (primary N) is 1. The van der Waals surface area contributed by atoms with Crippen LogP contribution in [0.15, 0.2) is 24.3 Å². The highest BCUT2D eigenvalue weighted by Crippen LogP contribution is 2.20. The predicted molar refractivity (Wildman–Crippen MR) is 168 cm³/mol. The number of nitrogens with one attached hydrogen (secondary N) is 1. The molecule has 1 fully saturated rings. The first-order chi connectivity index (χ1) is 20.7. The Hall–Kier alpha value is -3.73. The van der Waals surface area contributed by atoms with E-state index >= 15 is 0 Å². The summed E-state index contributed by atoms with van der Waals surface area (Å²) in [5.74, 6) is 0.837. The first-order valence-corrected chi connectivity index (χ1v) is 15.5. The zero-order chi connectivity index (χ0) is 31.2. The van der Waals surface area contributed by atoms with Crippen LogP contribution in [-0.4, -0.2) is 95.4 Å². The number of nitrogens with zero attached hydrogens (tertiary/aromatic N) is 5. The third-order valence-corrected chi connectivity index (χ3v) is 7.85.